The average molecular weight is 265 g/mol. The van der Waals surface area contributed by atoms with Crippen molar-refractivity contribution < 1.29 is 8.42 Å². The van der Waals surface area contributed by atoms with Gasteiger partial charge in [-0.25, -0.2) is 8.42 Å². The summed E-state index contributed by atoms with van der Waals surface area (Å²) in [5.74, 6) is 0. The molecule has 5 nitrogen and oxygen atoms in total. The lowest BCUT2D eigenvalue weighted by molar-refractivity contribution is 0.577. The number of thiophene rings is 1. The highest BCUT2D eigenvalue weighted by Gasteiger charge is 2.18. The van der Waals surface area contributed by atoms with Crippen LogP contribution in [-0.2, 0) is 10.0 Å². The van der Waals surface area contributed by atoms with Crippen LogP contribution in [0.1, 0.15) is 9.75 Å². The van der Waals surface area contributed by atoms with E-state index in [0.29, 0.717) is 0 Å². The summed E-state index contributed by atoms with van der Waals surface area (Å²) in [4.78, 5) is 4.00. The molecule has 0 spiro atoms. The van der Waals surface area contributed by atoms with E-state index in [4.69, 9.17) is 5.73 Å². The van der Waals surface area contributed by atoms with Crippen LogP contribution in [0, 0.1) is 13.8 Å². The van der Waals surface area contributed by atoms with Gasteiger partial charge < -0.3 is 5.73 Å². The Morgan fingerprint density at radius 1 is 1.53 bits per heavy atom. The van der Waals surface area contributed by atoms with Crippen molar-refractivity contribution in [1.29, 1.82) is 0 Å². The Morgan fingerprint density at radius 3 is 2.53 bits per heavy atom. The third-order valence-corrected chi connectivity index (χ3v) is 4.16. The molecule has 0 fully saturated rings. The lowest BCUT2D eigenvalue weighted by Crippen LogP contribution is -2.44. The third kappa shape index (κ3) is 3.13. The van der Waals surface area contributed by atoms with Gasteiger partial charge in [-0.15, -0.1) is 16.2 Å². The van der Waals surface area contributed by atoms with Gasteiger partial charge in [0.1, 0.15) is 0 Å². The van der Waals surface area contributed by atoms with Crippen molar-refractivity contribution in [3.63, 3.8) is 0 Å². The second-order valence-corrected chi connectivity index (χ2v) is 6.42. The Morgan fingerprint density at radius 2 is 2.13 bits per heavy atom. The van der Waals surface area contributed by atoms with E-state index in [-0.39, 0.29) is 10.0 Å². The fourth-order valence-electron chi connectivity index (χ4n) is 1.05. The van der Waals surface area contributed by atoms with Crippen LogP contribution >= 0.6 is 23.6 Å². The van der Waals surface area contributed by atoms with Crippen molar-refractivity contribution in [1.82, 2.24) is 10.3 Å². The number of hydrogen-bond donors (Lipinski definition) is 3. The molecule has 0 bridgehead atoms. The van der Waals surface area contributed by atoms with Gasteiger partial charge >= 0.3 is 0 Å². The van der Waals surface area contributed by atoms with Crippen molar-refractivity contribution >= 4 is 38.7 Å². The van der Waals surface area contributed by atoms with Gasteiger partial charge in [0.25, 0.3) is 10.0 Å². The number of rotatable bonds is 3. The predicted molar refractivity (Wildman–Crippen MR) is 64.0 cm³/mol. The van der Waals surface area contributed by atoms with Crippen LogP contribution in [-0.4, -0.2) is 13.5 Å². The van der Waals surface area contributed by atoms with Gasteiger partial charge in [0, 0.05) is 9.75 Å². The molecule has 1 heterocycles. The van der Waals surface area contributed by atoms with Crippen LogP contribution in [0.5, 0.6) is 0 Å². The molecular formula is C7H11N3O2S3. The SMILES string of the molecule is Cc1cc(S(=O)(=O)NNC(N)=S)c(C)s1. The normalized spacial score (nSPS) is 11.3. The summed E-state index contributed by atoms with van der Waals surface area (Å²) in [6, 6.07) is 1.60. The molecule has 0 unspecified atom stereocenters. The summed E-state index contributed by atoms with van der Waals surface area (Å²) in [6.45, 7) is 3.59. The van der Waals surface area contributed by atoms with Crippen molar-refractivity contribution in [2.45, 2.75) is 18.7 Å². The second-order valence-electron chi connectivity index (χ2n) is 2.87. The molecule has 1 aromatic rings. The van der Waals surface area contributed by atoms with Gasteiger partial charge in [-0.2, -0.15) is 0 Å². The van der Waals surface area contributed by atoms with Crippen molar-refractivity contribution in [3.8, 4) is 0 Å². The maximum atomic E-state index is 11.7. The minimum absolute atomic E-state index is 0.122. The summed E-state index contributed by atoms with van der Waals surface area (Å²) in [6.07, 6.45) is 0. The summed E-state index contributed by atoms with van der Waals surface area (Å²) >= 11 is 5.91. The predicted octanol–water partition coefficient (Wildman–Crippen LogP) is 0.391. The molecule has 0 amide bonds. The van der Waals surface area contributed by atoms with E-state index in [1.54, 1.807) is 13.0 Å². The molecule has 0 aliphatic heterocycles. The van der Waals surface area contributed by atoms with Crippen LogP contribution in [0.4, 0.5) is 0 Å². The highest BCUT2D eigenvalue weighted by molar-refractivity contribution is 7.89. The Bertz CT molecular complexity index is 478. The van der Waals surface area contributed by atoms with Gasteiger partial charge in [0.05, 0.1) is 4.90 Å². The molecule has 0 saturated heterocycles. The van der Waals surface area contributed by atoms with Crippen LogP contribution < -0.4 is 16.0 Å². The maximum absolute atomic E-state index is 11.7. The first-order valence-corrected chi connectivity index (χ1v) is 6.68. The monoisotopic (exact) mass is 265 g/mol. The Hall–Kier alpha value is -0.700. The molecule has 84 valence electrons. The molecule has 4 N–H and O–H groups in total. The van der Waals surface area contributed by atoms with Gasteiger partial charge in [-0.1, -0.05) is 0 Å². The Balaban J connectivity index is 2.96. The zero-order valence-electron chi connectivity index (χ0n) is 8.20. The van der Waals surface area contributed by atoms with Crippen LogP contribution in [0.3, 0.4) is 0 Å². The van der Waals surface area contributed by atoms with E-state index in [9.17, 15) is 8.42 Å². The van der Waals surface area contributed by atoms with Crippen LogP contribution in [0.15, 0.2) is 11.0 Å². The van der Waals surface area contributed by atoms with Crippen LogP contribution in [0.2, 0.25) is 0 Å². The van der Waals surface area contributed by atoms with Crippen molar-refractivity contribution in [2.24, 2.45) is 5.73 Å². The van der Waals surface area contributed by atoms with Crippen LogP contribution in [0.25, 0.3) is 0 Å². The summed E-state index contributed by atoms with van der Waals surface area (Å²) in [5, 5.41) is -0.122. The first kappa shape index (κ1) is 12.4. The Labute approximate surface area is 97.7 Å². The first-order valence-electron chi connectivity index (χ1n) is 3.97. The topological polar surface area (TPSA) is 84.2 Å². The van der Waals surface area contributed by atoms with E-state index < -0.39 is 10.0 Å². The fraction of sp³-hybridized carbons (Fsp3) is 0.286. The quantitative estimate of drug-likeness (QED) is 0.544. The number of hydrazine groups is 1. The molecule has 0 aliphatic rings. The summed E-state index contributed by atoms with van der Waals surface area (Å²) in [7, 11) is -3.58. The molecule has 0 aliphatic carbocycles. The lowest BCUT2D eigenvalue weighted by atomic mass is 10.4. The molecular weight excluding hydrogens is 254 g/mol. The Kier molecular flexibility index (Phi) is 3.66. The third-order valence-electron chi connectivity index (χ3n) is 1.59. The number of hydrogen-bond acceptors (Lipinski definition) is 4. The van der Waals surface area contributed by atoms with E-state index in [0.717, 1.165) is 9.75 Å². The smallest absolute Gasteiger partial charge is 0.258 e. The lowest BCUT2D eigenvalue weighted by Gasteiger charge is -2.06. The molecule has 0 saturated carbocycles. The van der Waals surface area contributed by atoms with E-state index in [2.05, 4.69) is 22.5 Å². The van der Waals surface area contributed by atoms with Gasteiger partial charge in [-0.05, 0) is 32.1 Å². The average Bonchev–Trinajstić information content (AvgIpc) is 2.43. The molecule has 1 aromatic heterocycles. The highest BCUT2D eigenvalue weighted by atomic mass is 32.2. The van der Waals surface area contributed by atoms with Gasteiger partial charge in [-0.3, -0.25) is 5.43 Å². The number of thiocarbonyl (C=S) groups is 1. The van der Waals surface area contributed by atoms with E-state index in [1.807, 2.05) is 6.92 Å². The number of aryl methyl sites for hydroxylation is 2. The fourth-order valence-corrected chi connectivity index (χ4v) is 3.57. The second kappa shape index (κ2) is 4.44. The summed E-state index contributed by atoms with van der Waals surface area (Å²) in [5.41, 5.74) is 7.31. The minimum Gasteiger partial charge on any atom is -0.375 e. The van der Waals surface area contributed by atoms with Crippen molar-refractivity contribution in [2.75, 3.05) is 0 Å². The number of sulfonamides is 1. The van der Waals surface area contributed by atoms with E-state index >= 15 is 0 Å². The molecule has 0 atom stereocenters. The molecule has 8 heteroatoms. The number of nitrogens with two attached hydrogens (primary N) is 1. The molecule has 1 rings (SSSR count). The maximum Gasteiger partial charge on any atom is 0.258 e. The largest absolute Gasteiger partial charge is 0.375 e. The summed E-state index contributed by atoms with van der Waals surface area (Å²) < 4.78 is 23.4. The first-order chi connectivity index (χ1) is 6.83. The molecule has 0 aromatic carbocycles. The van der Waals surface area contributed by atoms with Crippen molar-refractivity contribution in [3.05, 3.63) is 15.8 Å². The van der Waals surface area contributed by atoms with Gasteiger partial charge in [0.15, 0.2) is 5.11 Å². The molecule has 15 heavy (non-hydrogen) atoms. The van der Waals surface area contributed by atoms with E-state index in [1.165, 1.54) is 11.3 Å². The zero-order valence-corrected chi connectivity index (χ0v) is 10.6. The number of nitrogens with one attached hydrogen (secondary N) is 2. The molecule has 0 radical (unpaired) electrons. The highest BCUT2D eigenvalue weighted by Crippen LogP contribution is 2.24. The van der Waals surface area contributed by atoms with Gasteiger partial charge in [0.2, 0.25) is 0 Å². The zero-order chi connectivity index (χ0) is 11.6. The standard InChI is InChI=1S/C7H11N3O2S3/c1-4-3-6(5(2)14-4)15(11,12)10-9-7(8)13/h3,10H,1-2H3,(H3,8,9,13). The minimum atomic E-state index is -3.58.